The van der Waals surface area contributed by atoms with E-state index in [1.807, 2.05) is 0 Å². The van der Waals surface area contributed by atoms with Crippen LogP contribution in [0.4, 0.5) is 14.9 Å². The van der Waals surface area contributed by atoms with Crippen molar-refractivity contribution in [1.82, 2.24) is 14.9 Å². The van der Waals surface area contributed by atoms with Gasteiger partial charge < -0.3 is 21.5 Å². The highest BCUT2D eigenvalue weighted by Crippen LogP contribution is 2.25. The van der Waals surface area contributed by atoms with E-state index in [0.717, 1.165) is 10.8 Å². The first-order valence-electron chi connectivity index (χ1n) is 8.18. The monoisotopic (exact) mass is 382 g/mol. The highest BCUT2D eigenvalue weighted by molar-refractivity contribution is 5.92. The van der Waals surface area contributed by atoms with Crippen molar-refractivity contribution in [2.45, 2.75) is 6.54 Å². The number of benzene rings is 2. The maximum absolute atomic E-state index is 13.6. The molecule has 0 aliphatic heterocycles. The molecule has 0 unspecified atom stereocenters. The first-order chi connectivity index (χ1) is 13.4. The number of aromatic nitrogens is 2. The molecule has 1 radical (unpaired) electrons. The van der Waals surface area contributed by atoms with Crippen LogP contribution in [0.3, 0.4) is 0 Å². The van der Waals surface area contributed by atoms with Crippen molar-refractivity contribution in [3.8, 4) is 11.7 Å². The molecule has 2 aromatic carbocycles. The second-order valence-corrected chi connectivity index (χ2v) is 5.89. The molecule has 1 aromatic heterocycles. The van der Waals surface area contributed by atoms with Crippen LogP contribution in [0.15, 0.2) is 48.7 Å². The Balaban J connectivity index is 1.79. The number of nitrogens with two attached hydrogens (primary N) is 1. The van der Waals surface area contributed by atoms with Crippen LogP contribution in [0.5, 0.6) is 6.01 Å². The van der Waals surface area contributed by atoms with Crippen LogP contribution in [0.2, 0.25) is 0 Å². The zero-order valence-electron chi connectivity index (χ0n) is 14.6. The summed E-state index contributed by atoms with van der Waals surface area (Å²) in [6, 6.07) is 9.78. The van der Waals surface area contributed by atoms with E-state index < -0.39 is 23.8 Å². The van der Waals surface area contributed by atoms with E-state index in [0.29, 0.717) is 22.5 Å². The standard InChI is InChI=1S/C19H17FN5O3/c1-11-6-7-13(8-15(11)25-16(17(21)26)10-23-19(25)28)24-18(27)22-9-12-4-2-3-5-14(12)20/h2-8,10H,1,9H2,(H2,21,26)(H,23,28)(H2,22,24,27). The molecule has 3 aromatic rings. The van der Waals surface area contributed by atoms with Crippen LogP contribution < -0.4 is 16.4 Å². The smallest absolute Gasteiger partial charge is 0.319 e. The van der Waals surface area contributed by atoms with E-state index in [1.54, 1.807) is 30.3 Å². The summed E-state index contributed by atoms with van der Waals surface area (Å²) in [6.45, 7) is 3.85. The molecule has 143 valence electrons. The fourth-order valence-electron chi connectivity index (χ4n) is 2.60. The highest BCUT2D eigenvalue weighted by atomic mass is 19.1. The summed E-state index contributed by atoms with van der Waals surface area (Å²) in [5.41, 5.74) is 6.75. The lowest BCUT2D eigenvalue weighted by Gasteiger charge is -2.13. The number of nitrogens with one attached hydrogen (secondary N) is 2. The first kappa shape index (κ1) is 18.9. The van der Waals surface area contributed by atoms with Crippen molar-refractivity contribution in [1.29, 1.82) is 0 Å². The molecule has 0 aliphatic carbocycles. The normalized spacial score (nSPS) is 10.5. The second kappa shape index (κ2) is 7.78. The maximum Gasteiger partial charge on any atom is 0.319 e. The number of carbonyl (C=O) groups excluding carboxylic acids is 2. The third-order valence-corrected chi connectivity index (χ3v) is 3.98. The minimum atomic E-state index is -0.784. The Hall–Kier alpha value is -3.88. The van der Waals surface area contributed by atoms with Gasteiger partial charge in [-0.3, -0.25) is 9.36 Å². The molecule has 28 heavy (non-hydrogen) atoms. The Morgan fingerprint density at radius 1 is 1.25 bits per heavy atom. The Bertz CT molecular complexity index is 1050. The summed E-state index contributed by atoms with van der Waals surface area (Å²) < 4.78 is 14.7. The van der Waals surface area contributed by atoms with E-state index >= 15 is 0 Å². The lowest BCUT2D eigenvalue weighted by Crippen LogP contribution is -2.28. The number of imidazole rings is 1. The molecular formula is C19H17FN5O3. The van der Waals surface area contributed by atoms with Gasteiger partial charge in [-0.1, -0.05) is 24.3 Å². The number of primary amides is 1. The predicted octanol–water partition coefficient (Wildman–Crippen LogP) is 2.32. The highest BCUT2D eigenvalue weighted by Gasteiger charge is 2.17. The molecular weight excluding hydrogens is 365 g/mol. The Morgan fingerprint density at radius 3 is 2.71 bits per heavy atom. The summed E-state index contributed by atoms with van der Waals surface area (Å²) in [5, 5.41) is 15.1. The molecule has 0 aliphatic rings. The summed E-state index contributed by atoms with van der Waals surface area (Å²) in [5.74, 6) is -1.20. The van der Waals surface area contributed by atoms with Crippen molar-refractivity contribution in [3.63, 3.8) is 0 Å². The molecule has 1 heterocycles. The van der Waals surface area contributed by atoms with Gasteiger partial charge >= 0.3 is 6.03 Å². The first-order valence-corrected chi connectivity index (χ1v) is 8.18. The minimum Gasteiger partial charge on any atom is -0.480 e. The Labute approximate surface area is 159 Å². The molecule has 0 fully saturated rings. The molecule has 0 spiro atoms. The number of hydrogen-bond donors (Lipinski definition) is 4. The predicted molar refractivity (Wildman–Crippen MR) is 100 cm³/mol. The molecule has 0 atom stereocenters. The second-order valence-electron chi connectivity index (χ2n) is 5.89. The van der Waals surface area contributed by atoms with Gasteiger partial charge in [0.1, 0.15) is 11.5 Å². The van der Waals surface area contributed by atoms with Gasteiger partial charge in [0.15, 0.2) is 0 Å². The van der Waals surface area contributed by atoms with Gasteiger partial charge in [-0.05, 0) is 30.7 Å². The van der Waals surface area contributed by atoms with E-state index in [1.165, 1.54) is 12.1 Å². The molecule has 3 rings (SSSR count). The zero-order valence-corrected chi connectivity index (χ0v) is 14.6. The average molecular weight is 382 g/mol. The van der Waals surface area contributed by atoms with Gasteiger partial charge in [0, 0.05) is 17.8 Å². The largest absolute Gasteiger partial charge is 0.480 e. The van der Waals surface area contributed by atoms with Gasteiger partial charge in [0.25, 0.3) is 11.9 Å². The third-order valence-electron chi connectivity index (χ3n) is 3.98. The van der Waals surface area contributed by atoms with Crippen LogP contribution in [-0.4, -0.2) is 26.6 Å². The summed E-state index contributed by atoms with van der Waals surface area (Å²) in [4.78, 5) is 27.3. The third kappa shape index (κ3) is 3.93. The van der Waals surface area contributed by atoms with Gasteiger partial charge in [-0.2, -0.15) is 0 Å². The SMILES string of the molecule is [CH2]c1ccc(NC(=O)NCc2ccccc2F)cc1-n1c(C(N)=O)cnc1O. The number of hydrogen-bond acceptors (Lipinski definition) is 4. The van der Waals surface area contributed by atoms with Crippen molar-refractivity contribution in [3.05, 3.63) is 78.2 Å². The van der Waals surface area contributed by atoms with E-state index in [2.05, 4.69) is 22.5 Å². The van der Waals surface area contributed by atoms with Crippen LogP contribution in [-0.2, 0) is 6.54 Å². The van der Waals surface area contributed by atoms with E-state index in [9.17, 15) is 19.1 Å². The number of nitrogens with zero attached hydrogens (tertiary/aromatic N) is 2. The van der Waals surface area contributed by atoms with Crippen LogP contribution in [0, 0.1) is 12.7 Å². The number of amides is 3. The summed E-state index contributed by atoms with van der Waals surface area (Å²) >= 11 is 0. The van der Waals surface area contributed by atoms with Gasteiger partial charge in [0.2, 0.25) is 0 Å². The molecule has 0 bridgehead atoms. The van der Waals surface area contributed by atoms with Gasteiger partial charge in [-0.15, -0.1) is 0 Å². The van der Waals surface area contributed by atoms with Crippen LogP contribution in [0.1, 0.15) is 21.6 Å². The number of halogens is 1. The van der Waals surface area contributed by atoms with E-state index in [-0.39, 0.29) is 12.2 Å². The van der Waals surface area contributed by atoms with E-state index in [4.69, 9.17) is 5.73 Å². The molecule has 0 saturated carbocycles. The Kier molecular flexibility index (Phi) is 5.25. The van der Waals surface area contributed by atoms with Gasteiger partial charge in [-0.25, -0.2) is 14.2 Å². The van der Waals surface area contributed by atoms with Crippen molar-refractivity contribution in [2.75, 3.05) is 5.32 Å². The molecule has 3 amide bonds. The number of anilines is 1. The van der Waals surface area contributed by atoms with Crippen molar-refractivity contribution in [2.24, 2.45) is 5.73 Å². The fourth-order valence-corrected chi connectivity index (χ4v) is 2.60. The number of rotatable bonds is 5. The number of urea groups is 1. The van der Waals surface area contributed by atoms with Crippen molar-refractivity contribution < 1.29 is 19.1 Å². The number of aromatic hydroxyl groups is 1. The van der Waals surface area contributed by atoms with Crippen LogP contribution >= 0.6 is 0 Å². The summed E-state index contributed by atoms with van der Waals surface area (Å²) in [6.07, 6.45) is 1.14. The van der Waals surface area contributed by atoms with Crippen LogP contribution in [0.25, 0.3) is 5.69 Å². The maximum atomic E-state index is 13.6. The quantitative estimate of drug-likeness (QED) is 0.541. The fraction of sp³-hybridized carbons (Fsp3) is 0.0526. The molecule has 9 heteroatoms. The minimum absolute atomic E-state index is 0.00686. The molecule has 5 N–H and O–H groups in total. The lowest BCUT2D eigenvalue weighted by atomic mass is 10.1. The topological polar surface area (TPSA) is 122 Å². The molecule has 8 nitrogen and oxygen atoms in total. The zero-order chi connectivity index (χ0) is 20.3. The average Bonchev–Trinajstić information content (AvgIpc) is 3.04. The van der Waals surface area contributed by atoms with Gasteiger partial charge in [0.05, 0.1) is 11.9 Å². The number of carbonyl (C=O) groups is 2. The lowest BCUT2D eigenvalue weighted by molar-refractivity contribution is 0.0993. The molecule has 0 saturated heterocycles. The summed E-state index contributed by atoms with van der Waals surface area (Å²) in [7, 11) is 0. The Morgan fingerprint density at radius 2 is 2.00 bits per heavy atom. The van der Waals surface area contributed by atoms with Crippen molar-refractivity contribution >= 4 is 17.6 Å².